The fourth-order valence-corrected chi connectivity index (χ4v) is 3.75. The maximum absolute atomic E-state index is 6.10. The van der Waals surface area contributed by atoms with Crippen molar-refractivity contribution < 1.29 is 0 Å². The first-order valence-corrected chi connectivity index (χ1v) is 10.2. The van der Waals surface area contributed by atoms with Crippen LogP contribution in [0.4, 0.5) is 11.8 Å². The monoisotopic (exact) mass is 393 g/mol. The second kappa shape index (κ2) is 9.02. The largest absolute Gasteiger partial charge is 0.366 e. The van der Waals surface area contributed by atoms with E-state index in [-0.39, 0.29) is 0 Å². The van der Waals surface area contributed by atoms with Crippen molar-refractivity contribution >= 4 is 23.4 Å². The Bertz CT molecular complexity index is 910. The molecule has 0 unspecified atom stereocenters. The van der Waals surface area contributed by atoms with E-state index in [1.54, 1.807) is 12.4 Å². The fraction of sp³-hybridized carbons (Fsp3) is 0.318. The molecular weight excluding hydrogens is 370 g/mol. The molecule has 5 nitrogen and oxygen atoms in total. The molecule has 2 N–H and O–H groups in total. The predicted molar refractivity (Wildman–Crippen MR) is 115 cm³/mol. The van der Waals surface area contributed by atoms with Crippen molar-refractivity contribution in [3.05, 3.63) is 65.4 Å². The highest BCUT2D eigenvalue weighted by molar-refractivity contribution is 6.30. The number of hydrogen-bond donors (Lipinski definition) is 2. The van der Waals surface area contributed by atoms with Gasteiger partial charge in [-0.25, -0.2) is 4.98 Å². The van der Waals surface area contributed by atoms with E-state index in [4.69, 9.17) is 21.6 Å². The van der Waals surface area contributed by atoms with Crippen LogP contribution in [0.2, 0.25) is 5.02 Å². The van der Waals surface area contributed by atoms with Crippen LogP contribution in [-0.4, -0.2) is 21.0 Å². The highest BCUT2D eigenvalue weighted by atomic mass is 35.5. The van der Waals surface area contributed by atoms with E-state index in [1.165, 1.54) is 32.1 Å². The lowest BCUT2D eigenvalue weighted by atomic mass is 9.96. The standard InChI is InChI=1S/C22H24ClN5/c23-18-6-4-5-16(13-18)15-25-21-14-20(17-9-11-24-12-10-17)27-22(28-21)26-19-7-2-1-3-8-19/h4-6,9-14,19H,1-3,7-8,15H2,(H2,25,26,27,28). The Labute approximate surface area is 170 Å². The molecule has 0 amide bonds. The summed E-state index contributed by atoms with van der Waals surface area (Å²) in [6, 6.07) is 14.2. The van der Waals surface area contributed by atoms with Gasteiger partial charge in [0.15, 0.2) is 0 Å². The maximum Gasteiger partial charge on any atom is 0.225 e. The number of benzene rings is 1. The molecule has 0 saturated heterocycles. The third-order valence-electron chi connectivity index (χ3n) is 5.00. The lowest BCUT2D eigenvalue weighted by molar-refractivity contribution is 0.461. The van der Waals surface area contributed by atoms with Gasteiger partial charge in [0.05, 0.1) is 5.69 Å². The number of nitrogens with zero attached hydrogens (tertiary/aromatic N) is 3. The minimum Gasteiger partial charge on any atom is -0.366 e. The van der Waals surface area contributed by atoms with Crippen molar-refractivity contribution in [2.45, 2.75) is 44.7 Å². The van der Waals surface area contributed by atoms with E-state index >= 15 is 0 Å². The first kappa shape index (κ1) is 18.7. The molecule has 0 spiro atoms. The third kappa shape index (κ3) is 4.98. The number of aromatic nitrogens is 3. The van der Waals surface area contributed by atoms with Crippen LogP contribution in [0.1, 0.15) is 37.7 Å². The highest BCUT2D eigenvalue weighted by Gasteiger charge is 2.15. The molecule has 0 atom stereocenters. The van der Waals surface area contributed by atoms with Crippen LogP contribution in [0, 0.1) is 0 Å². The zero-order chi connectivity index (χ0) is 19.2. The van der Waals surface area contributed by atoms with E-state index < -0.39 is 0 Å². The average molecular weight is 394 g/mol. The third-order valence-corrected chi connectivity index (χ3v) is 5.24. The van der Waals surface area contributed by atoms with Gasteiger partial charge in [0.25, 0.3) is 0 Å². The van der Waals surface area contributed by atoms with E-state index in [9.17, 15) is 0 Å². The van der Waals surface area contributed by atoms with Gasteiger partial charge < -0.3 is 10.6 Å². The van der Waals surface area contributed by atoms with Crippen molar-refractivity contribution in [1.82, 2.24) is 15.0 Å². The first-order chi connectivity index (χ1) is 13.8. The second-order valence-electron chi connectivity index (χ2n) is 7.16. The number of anilines is 2. The minimum atomic E-state index is 0.446. The molecule has 6 heteroatoms. The molecule has 1 aliphatic carbocycles. The zero-order valence-electron chi connectivity index (χ0n) is 15.7. The number of hydrogen-bond acceptors (Lipinski definition) is 5. The predicted octanol–water partition coefficient (Wildman–Crippen LogP) is 5.55. The van der Waals surface area contributed by atoms with Gasteiger partial charge in [-0.15, -0.1) is 0 Å². The molecule has 2 aromatic heterocycles. The molecule has 1 aliphatic rings. The Balaban J connectivity index is 1.57. The normalized spacial score (nSPS) is 14.6. The molecule has 3 aromatic rings. The summed E-state index contributed by atoms with van der Waals surface area (Å²) in [4.78, 5) is 13.6. The molecule has 28 heavy (non-hydrogen) atoms. The number of rotatable bonds is 6. The highest BCUT2D eigenvalue weighted by Crippen LogP contribution is 2.24. The Morgan fingerprint density at radius 3 is 2.57 bits per heavy atom. The Kier molecular flexibility index (Phi) is 6.02. The van der Waals surface area contributed by atoms with Gasteiger partial charge in [0.2, 0.25) is 5.95 Å². The lowest BCUT2D eigenvalue weighted by Crippen LogP contribution is -2.23. The van der Waals surface area contributed by atoms with Crippen molar-refractivity contribution in [3.8, 4) is 11.3 Å². The molecule has 0 aliphatic heterocycles. The molecule has 1 fully saturated rings. The molecule has 1 saturated carbocycles. The molecule has 1 aromatic carbocycles. The Morgan fingerprint density at radius 2 is 1.79 bits per heavy atom. The Hall–Kier alpha value is -2.66. The average Bonchev–Trinajstić information content (AvgIpc) is 2.74. The number of nitrogens with one attached hydrogen (secondary N) is 2. The molecule has 0 radical (unpaired) electrons. The van der Waals surface area contributed by atoms with Gasteiger partial charge in [-0.2, -0.15) is 4.98 Å². The topological polar surface area (TPSA) is 62.7 Å². The van der Waals surface area contributed by atoms with Crippen LogP contribution in [0.3, 0.4) is 0 Å². The SMILES string of the molecule is Clc1cccc(CNc2cc(-c3ccncc3)nc(NC3CCCCC3)n2)c1. The summed E-state index contributed by atoms with van der Waals surface area (Å²) in [5.74, 6) is 1.47. The van der Waals surface area contributed by atoms with E-state index in [0.29, 0.717) is 18.5 Å². The van der Waals surface area contributed by atoms with Gasteiger partial charge in [0.1, 0.15) is 5.82 Å². The summed E-state index contributed by atoms with van der Waals surface area (Å²) in [5.41, 5.74) is 3.01. The van der Waals surface area contributed by atoms with Crippen LogP contribution in [0.25, 0.3) is 11.3 Å². The van der Waals surface area contributed by atoms with E-state index in [1.807, 2.05) is 42.5 Å². The van der Waals surface area contributed by atoms with Crippen LogP contribution < -0.4 is 10.6 Å². The van der Waals surface area contributed by atoms with Crippen LogP contribution in [-0.2, 0) is 6.54 Å². The molecule has 2 heterocycles. The van der Waals surface area contributed by atoms with Crippen molar-refractivity contribution in [1.29, 1.82) is 0 Å². The van der Waals surface area contributed by atoms with Crippen LogP contribution in [0.5, 0.6) is 0 Å². The molecule has 4 rings (SSSR count). The summed E-state index contributed by atoms with van der Waals surface area (Å²) in [6.45, 7) is 0.649. The summed E-state index contributed by atoms with van der Waals surface area (Å²) in [7, 11) is 0. The Morgan fingerprint density at radius 1 is 0.964 bits per heavy atom. The fourth-order valence-electron chi connectivity index (χ4n) is 3.54. The van der Waals surface area contributed by atoms with Gasteiger partial charge in [-0.05, 0) is 42.7 Å². The van der Waals surface area contributed by atoms with Crippen molar-refractivity contribution in [2.75, 3.05) is 10.6 Å². The summed E-state index contributed by atoms with van der Waals surface area (Å²) in [5, 5.41) is 7.69. The minimum absolute atomic E-state index is 0.446. The zero-order valence-corrected chi connectivity index (χ0v) is 16.5. The quantitative estimate of drug-likeness (QED) is 0.575. The van der Waals surface area contributed by atoms with Gasteiger partial charge in [0, 0.05) is 41.6 Å². The molecule has 0 bridgehead atoms. The number of pyridine rings is 1. The smallest absolute Gasteiger partial charge is 0.225 e. The molecule has 144 valence electrons. The molecular formula is C22H24ClN5. The van der Waals surface area contributed by atoms with Crippen LogP contribution >= 0.6 is 11.6 Å². The van der Waals surface area contributed by atoms with Gasteiger partial charge in [-0.3, -0.25) is 4.98 Å². The van der Waals surface area contributed by atoms with E-state index in [0.717, 1.165) is 27.7 Å². The maximum atomic E-state index is 6.10. The summed E-state index contributed by atoms with van der Waals surface area (Å²) >= 11 is 6.10. The van der Waals surface area contributed by atoms with Crippen LogP contribution in [0.15, 0.2) is 54.9 Å². The van der Waals surface area contributed by atoms with Gasteiger partial charge in [-0.1, -0.05) is 43.0 Å². The van der Waals surface area contributed by atoms with Gasteiger partial charge >= 0.3 is 0 Å². The summed E-state index contributed by atoms with van der Waals surface area (Å²) in [6.07, 6.45) is 9.77. The first-order valence-electron chi connectivity index (χ1n) is 9.80. The van der Waals surface area contributed by atoms with E-state index in [2.05, 4.69) is 15.6 Å². The van der Waals surface area contributed by atoms with Crippen molar-refractivity contribution in [3.63, 3.8) is 0 Å². The lowest BCUT2D eigenvalue weighted by Gasteiger charge is -2.23. The summed E-state index contributed by atoms with van der Waals surface area (Å²) < 4.78 is 0. The second-order valence-corrected chi connectivity index (χ2v) is 7.60. The van der Waals surface area contributed by atoms with Crippen molar-refractivity contribution in [2.24, 2.45) is 0 Å². The number of halogens is 1.